The van der Waals surface area contributed by atoms with Crippen LogP contribution in [0.2, 0.25) is 0 Å². The van der Waals surface area contributed by atoms with Crippen LogP contribution in [-0.2, 0) is 49.3 Å². The number of aliphatic hydroxyl groups is 1. The van der Waals surface area contributed by atoms with Gasteiger partial charge in [-0.2, -0.15) is 0 Å². The Morgan fingerprint density at radius 2 is 1.64 bits per heavy atom. The first kappa shape index (κ1) is 54.1. The van der Waals surface area contributed by atoms with Gasteiger partial charge in [0.15, 0.2) is 23.0 Å². The normalized spacial score (nSPS) is 30.0. The third kappa shape index (κ3) is 9.47. The molecule has 13 heteroatoms. The number of phenols is 3. The van der Waals surface area contributed by atoms with Crippen LogP contribution in [0.25, 0.3) is 32.7 Å². The summed E-state index contributed by atoms with van der Waals surface area (Å²) in [6.45, 7) is 3.19. The quantitative estimate of drug-likeness (QED) is 0.0646. The molecule has 12 atom stereocenters. The zero-order valence-electron chi connectivity index (χ0n) is 46.8. The minimum absolute atomic E-state index is 0.0147. The summed E-state index contributed by atoms with van der Waals surface area (Å²) in [5.74, 6) is 6.88. The van der Waals surface area contributed by atoms with E-state index in [1.807, 2.05) is 42.5 Å². The van der Waals surface area contributed by atoms with Crippen molar-refractivity contribution in [2.24, 2.45) is 29.6 Å². The molecule has 3 fully saturated rings. The molecule has 11 nitrogen and oxygen atoms in total. The van der Waals surface area contributed by atoms with Gasteiger partial charge in [-0.1, -0.05) is 100 Å². The fourth-order valence-electron chi connectivity index (χ4n) is 17.0. The zero-order chi connectivity index (χ0) is 56.7. The monoisotopic (exact) mass is 1150 g/mol. The van der Waals surface area contributed by atoms with Crippen LogP contribution in [0.1, 0.15) is 103 Å². The zero-order valence-corrected chi connectivity index (χ0v) is 48.4. The predicted octanol–water partition coefficient (Wildman–Crippen LogP) is 12.6. The van der Waals surface area contributed by atoms with Crippen LogP contribution >= 0.6 is 21.6 Å². The van der Waals surface area contributed by atoms with E-state index in [1.54, 1.807) is 34.8 Å². The van der Waals surface area contributed by atoms with E-state index in [1.165, 1.54) is 6.92 Å². The van der Waals surface area contributed by atoms with Crippen molar-refractivity contribution in [3.05, 3.63) is 160 Å². The van der Waals surface area contributed by atoms with Gasteiger partial charge in [-0.15, -0.1) is 5.92 Å². The predicted molar refractivity (Wildman–Crippen MR) is 325 cm³/mol. The summed E-state index contributed by atoms with van der Waals surface area (Å²) in [6, 6.07) is 40.9. The number of aliphatic hydroxyl groups excluding tert-OH is 1. The third-order valence-corrected chi connectivity index (χ3v) is 22.6. The molecule has 11 bridgehead atoms. The van der Waals surface area contributed by atoms with E-state index in [4.69, 9.17) is 18.9 Å². The lowest BCUT2D eigenvalue weighted by atomic mass is 9.38. The molecule has 7 aromatic rings. The van der Waals surface area contributed by atoms with Gasteiger partial charge in [-0.05, 0) is 195 Å². The second-order valence-corrected chi connectivity index (χ2v) is 27.3. The molecule has 0 saturated heterocycles. The van der Waals surface area contributed by atoms with Crippen molar-refractivity contribution in [2.45, 2.75) is 112 Å². The van der Waals surface area contributed by atoms with Crippen LogP contribution in [0.3, 0.4) is 0 Å². The Balaban J connectivity index is 0.997. The lowest BCUT2D eigenvalue weighted by Crippen LogP contribution is -2.65. The topological polar surface area (TPSA) is 164 Å². The number of benzene rings is 7. The first-order valence-corrected chi connectivity index (χ1v) is 32.1. The summed E-state index contributed by atoms with van der Waals surface area (Å²) >= 11 is 0. The first-order valence-electron chi connectivity index (χ1n) is 29.6. The molecule has 1 spiro atoms. The number of nitrogens with one attached hydrogen (secondary N) is 1. The van der Waals surface area contributed by atoms with E-state index in [0.29, 0.717) is 81.9 Å². The summed E-state index contributed by atoms with van der Waals surface area (Å²) in [4.78, 5) is 30.8. The lowest BCUT2D eigenvalue weighted by molar-refractivity contribution is -0.175. The Kier molecular flexibility index (Phi) is 14.1. The second-order valence-electron chi connectivity index (χ2n) is 24.7. The average molecular weight is 1150 g/mol. The van der Waals surface area contributed by atoms with Crippen LogP contribution in [-0.4, -0.2) is 82.4 Å². The van der Waals surface area contributed by atoms with E-state index in [0.717, 1.165) is 83.8 Å². The highest BCUT2D eigenvalue weighted by Crippen LogP contribution is 2.70. The van der Waals surface area contributed by atoms with Crippen molar-refractivity contribution in [3.63, 3.8) is 0 Å². The van der Waals surface area contributed by atoms with Gasteiger partial charge in [0.25, 0.3) is 0 Å². The summed E-state index contributed by atoms with van der Waals surface area (Å²) in [6.07, 6.45) is 1.79. The maximum Gasteiger partial charge on any atom is 0.316 e. The number of carbonyl (C=O) groups excluding carboxylic acids is 2. The van der Waals surface area contributed by atoms with Gasteiger partial charge in [0.05, 0.1) is 25.2 Å². The van der Waals surface area contributed by atoms with E-state index in [9.17, 15) is 25.2 Å². The van der Waals surface area contributed by atoms with Gasteiger partial charge in [0.1, 0.15) is 18.0 Å². The molecule has 12 unspecified atom stereocenters. The van der Waals surface area contributed by atoms with E-state index in [-0.39, 0.29) is 65.1 Å². The molecule has 426 valence electrons. The van der Waals surface area contributed by atoms with Crippen LogP contribution in [0.4, 0.5) is 0 Å². The van der Waals surface area contributed by atoms with Crippen molar-refractivity contribution < 1.29 is 49.0 Å². The summed E-state index contributed by atoms with van der Waals surface area (Å²) in [5.41, 5.74) is 6.61. The van der Waals surface area contributed by atoms with Gasteiger partial charge in [-0.3, -0.25) is 9.59 Å². The summed E-state index contributed by atoms with van der Waals surface area (Å²) < 4.78 is 26.7. The van der Waals surface area contributed by atoms with Gasteiger partial charge < -0.3 is 44.7 Å². The number of carbonyl (C=O) groups is 2. The van der Waals surface area contributed by atoms with Crippen molar-refractivity contribution >= 4 is 55.1 Å². The number of phenolic OH excluding ortho intramolecular Hbond substituents is 3. The van der Waals surface area contributed by atoms with Crippen molar-refractivity contribution in [1.29, 1.82) is 0 Å². The van der Waals surface area contributed by atoms with Crippen molar-refractivity contribution in [2.75, 3.05) is 31.8 Å². The largest absolute Gasteiger partial charge is 0.508 e. The Labute approximate surface area is 492 Å². The highest BCUT2D eigenvalue weighted by Gasteiger charge is 2.67. The lowest BCUT2D eigenvalue weighted by Gasteiger charge is -2.66. The number of fused-ring (bicyclic) bond motifs is 11. The number of aromatic hydroxyl groups is 3. The van der Waals surface area contributed by atoms with Crippen LogP contribution in [0, 0.1) is 41.4 Å². The smallest absolute Gasteiger partial charge is 0.316 e. The maximum absolute atomic E-state index is 16.7. The van der Waals surface area contributed by atoms with Crippen LogP contribution in [0.5, 0.6) is 28.7 Å². The molecular weight excluding hydrogens is 1080 g/mol. The summed E-state index contributed by atoms with van der Waals surface area (Å²) in [5, 5.41) is 55.4. The van der Waals surface area contributed by atoms with Gasteiger partial charge >= 0.3 is 11.9 Å². The second kappa shape index (κ2) is 21.7. The third-order valence-electron chi connectivity index (χ3n) is 20.1. The van der Waals surface area contributed by atoms with Crippen LogP contribution in [0.15, 0.2) is 121 Å². The minimum atomic E-state index is -1.17. The molecule has 7 aromatic carbocycles. The van der Waals surface area contributed by atoms with Crippen molar-refractivity contribution in [3.8, 4) is 51.7 Å². The highest BCUT2D eigenvalue weighted by molar-refractivity contribution is 8.76. The number of rotatable bonds is 3. The molecule has 0 radical (unpaired) electrons. The molecule has 14 rings (SSSR count). The highest BCUT2D eigenvalue weighted by atomic mass is 33.1. The molecule has 5 N–H and O–H groups in total. The SMILES string of the molecule is COc1cc2c(cc1O)C1CC(O)C3Cc4cc(O)c5cc4C4CC(CC(OC(C)=O)C(C2)C1(c1ccc2ccccc2c1)C43)OC(=O)C12CC(C#CCCNCc3cccc(c3)-c3cc(O)cc4ccc1cc34)CC(CSSCCO5)C2. The van der Waals surface area contributed by atoms with Crippen molar-refractivity contribution in [1.82, 2.24) is 5.32 Å². The number of esters is 2. The van der Waals surface area contributed by atoms with Gasteiger partial charge in [0, 0.05) is 61.6 Å². The Morgan fingerprint density at radius 1 is 0.795 bits per heavy atom. The number of hydrogen-bond acceptors (Lipinski definition) is 13. The summed E-state index contributed by atoms with van der Waals surface area (Å²) in [7, 11) is 5.05. The molecular formula is C70H69NO10S2. The first-order chi connectivity index (χ1) is 40.4. The fraction of sp³-hybridized carbons (Fsp3) is 0.400. The average Bonchev–Trinajstić information content (AvgIpc) is 2.47. The van der Waals surface area contributed by atoms with E-state index in [2.05, 4.69) is 90.0 Å². The molecule has 83 heavy (non-hydrogen) atoms. The van der Waals surface area contributed by atoms with E-state index >= 15 is 4.79 Å². The molecule has 2 heterocycles. The number of hydrogen-bond donors (Lipinski definition) is 5. The van der Waals surface area contributed by atoms with Crippen LogP contribution < -0.4 is 14.8 Å². The Bertz CT molecular complexity index is 3800. The Hall–Kier alpha value is -6.82. The standard InChI is InChI=1S/C70H69NO10S2/c1-39(72)80-64-31-52-30-57-55-33-66(62(75)26-47(55)24-58-61(74)34-59-56-32-63(76)65(78-2)27-48(56)25-60(64)70(59,67(57)58)50-16-13-43-10-3-4-11-44(43)22-50)79-18-19-82-83-38-42-20-40-8-5-6-17-71-37-41-9-7-12-45(21-41)54-29-51(73)23-46-14-15-49(28-53(46)54)69(35-40,36-42)68(77)81-52/h3-4,7,9-16,21-23,26-29,32-33,40,42,52,57-61,64,67,71,73-76H,6,17-20,24-25,30-31,34-38H2,1-2H3. The molecule has 0 amide bonds. The van der Waals surface area contributed by atoms with Gasteiger partial charge in [0.2, 0.25) is 0 Å². The molecule has 5 aliphatic carbocycles. The van der Waals surface area contributed by atoms with E-state index < -0.39 is 41.0 Å². The minimum Gasteiger partial charge on any atom is -0.508 e. The molecule has 0 aromatic heterocycles. The number of methoxy groups -OCH3 is 1. The fourth-order valence-corrected chi connectivity index (χ4v) is 19.2. The maximum atomic E-state index is 16.7. The molecule has 7 aliphatic rings. The van der Waals surface area contributed by atoms with Gasteiger partial charge in [-0.25, -0.2) is 0 Å². The Morgan fingerprint density at radius 3 is 2.51 bits per heavy atom. The molecule has 2 aliphatic heterocycles. The number of ether oxygens (including phenoxy) is 4. The molecule has 3 saturated carbocycles.